The van der Waals surface area contributed by atoms with Gasteiger partial charge in [-0.3, -0.25) is 14.3 Å². The zero-order chi connectivity index (χ0) is 18.5. The second-order valence-corrected chi connectivity index (χ2v) is 6.56. The third-order valence-electron chi connectivity index (χ3n) is 4.57. The second kappa shape index (κ2) is 7.95. The van der Waals surface area contributed by atoms with Crippen LogP contribution < -0.4 is 10.7 Å². The lowest BCUT2D eigenvalue weighted by atomic mass is 10.1. The molecule has 7 nitrogen and oxygen atoms in total. The molecule has 1 heterocycles. The van der Waals surface area contributed by atoms with Gasteiger partial charge in [0.15, 0.2) is 5.69 Å². The number of nitrogens with zero attached hydrogens (tertiary/aromatic N) is 3. The summed E-state index contributed by atoms with van der Waals surface area (Å²) in [7, 11) is 1.75. The van der Waals surface area contributed by atoms with Crippen molar-refractivity contribution in [1.29, 1.82) is 0 Å². The summed E-state index contributed by atoms with van der Waals surface area (Å²) in [5, 5.41) is 11.1. The fraction of sp³-hybridized carbons (Fsp3) is 0.368. The number of nitrogens with one attached hydrogen (secondary N) is 2. The number of aromatic nitrogens is 2. The average Bonchev–Trinajstić information content (AvgIpc) is 3.31. The Morgan fingerprint density at radius 3 is 2.46 bits per heavy atom. The van der Waals surface area contributed by atoms with E-state index in [1.165, 1.54) is 0 Å². The van der Waals surface area contributed by atoms with Crippen LogP contribution in [0.1, 0.15) is 48.7 Å². The summed E-state index contributed by atoms with van der Waals surface area (Å²) < 4.78 is 1.56. The normalized spacial score (nSPS) is 15.1. The van der Waals surface area contributed by atoms with E-state index in [0.29, 0.717) is 11.4 Å². The van der Waals surface area contributed by atoms with Crippen molar-refractivity contribution >= 4 is 23.2 Å². The molecule has 1 aromatic carbocycles. The van der Waals surface area contributed by atoms with E-state index >= 15 is 0 Å². The molecule has 136 valence electrons. The Labute approximate surface area is 152 Å². The highest BCUT2D eigenvalue weighted by molar-refractivity contribution is 6.01. The fourth-order valence-corrected chi connectivity index (χ4v) is 3.02. The lowest BCUT2D eigenvalue weighted by molar-refractivity contribution is -0.119. The number of benzene rings is 1. The number of carbonyl (C=O) groups is 2. The molecule has 2 aromatic rings. The van der Waals surface area contributed by atoms with Crippen LogP contribution in [0.5, 0.6) is 0 Å². The summed E-state index contributed by atoms with van der Waals surface area (Å²) in [6.45, 7) is 1.81. The van der Waals surface area contributed by atoms with Crippen LogP contribution in [0.15, 0.2) is 41.6 Å². The number of aryl methyl sites for hydroxylation is 1. The SMILES string of the molecule is C/C(=N\NC(=O)c1ccn(C)n1)c1ccc(NC(=O)C2CCCC2)cc1. The number of hydrogen-bond acceptors (Lipinski definition) is 4. The molecule has 1 saturated carbocycles. The maximum Gasteiger partial charge on any atom is 0.291 e. The molecule has 0 unspecified atom stereocenters. The Bertz CT molecular complexity index is 817. The third kappa shape index (κ3) is 4.36. The van der Waals surface area contributed by atoms with Gasteiger partial charge in [0.2, 0.25) is 5.91 Å². The predicted octanol–water partition coefficient (Wildman–Crippen LogP) is 2.70. The van der Waals surface area contributed by atoms with Crippen molar-refractivity contribution in [3.8, 4) is 0 Å². The molecular weight excluding hydrogens is 330 g/mol. The van der Waals surface area contributed by atoms with E-state index < -0.39 is 0 Å². The van der Waals surface area contributed by atoms with Gasteiger partial charge in [-0.1, -0.05) is 25.0 Å². The summed E-state index contributed by atoms with van der Waals surface area (Å²) in [5.74, 6) is -0.117. The largest absolute Gasteiger partial charge is 0.326 e. The summed E-state index contributed by atoms with van der Waals surface area (Å²) in [6.07, 6.45) is 5.93. The third-order valence-corrected chi connectivity index (χ3v) is 4.57. The van der Waals surface area contributed by atoms with Crippen molar-refractivity contribution in [3.63, 3.8) is 0 Å². The molecule has 1 aliphatic carbocycles. The van der Waals surface area contributed by atoms with Crippen molar-refractivity contribution in [2.45, 2.75) is 32.6 Å². The molecule has 0 spiro atoms. The van der Waals surface area contributed by atoms with Crippen LogP contribution in [-0.2, 0) is 11.8 Å². The van der Waals surface area contributed by atoms with Crippen molar-refractivity contribution < 1.29 is 9.59 Å². The zero-order valence-electron chi connectivity index (χ0n) is 15.0. The highest BCUT2D eigenvalue weighted by atomic mass is 16.2. The van der Waals surface area contributed by atoms with Crippen LogP contribution in [0.4, 0.5) is 5.69 Å². The molecule has 1 aliphatic rings. The zero-order valence-corrected chi connectivity index (χ0v) is 15.0. The van der Waals surface area contributed by atoms with Crippen molar-refractivity contribution in [3.05, 3.63) is 47.8 Å². The molecule has 26 heavy (non-hydrogen) atoms. The Morgan fingerprint density at radius 2 is 1.85 bits per heavy atom. The fourth-order valence-electron chi connectivity index (χ4n) is 3.02. The van der Waals surface area contributed by atoms with Crippen molar-refractivity contribution in [2.75, 3.05) is 5.32 Å². The van der Waals surface area contributed by atoms with Gasteiger partial charge in [0, 0.05) is 24.8 Å². The molecule has 2 amide bonds. The summed E-state index contributed by atoms with van der Waals surface area (Å²) >= 11 is 0. The van der Waals surface area contributed by atoms with Crippen LogP contribution in [0.2, 0.25) is 0 Å². The molecule has 1 aromatic heterocycles. The Kier molecular flexibility index (Phi) is 5.46. The first-order valence-corrected chi connectivity index (χ1v) is 8.78. The molecule has 2 N–H and O–H groups in total. The molecule has 1 fully saturated rings. The van der Waals surface area contributed by atoms with Gasteiger partial charge in [-0.25, -0.2) is 5.43 Å². The minimum absolute atomic E-state index is 0.100. The second-order valence-electron chi connectivity index (χ2n) is 6.56. The number of hydrogen-bond donors (Lipinski definition) is 2. The number of hydrazone groups is 1. The van der Waals surface area contributed by atoms with Crippen LogP contribution >= 0.6 is 0 Å². The first kappa shape index (κ1) is 17.8. The van der Waals surface area contributed by atoms with Gasteiger partial charge in [0.05, 0.1) is 5.71 Å². The lowest BCUT2D eigenvalue weighted by Crippen LogP contribution is -2.20. The number of amides is 2. The number of carbonyl (C=O) groups excluding carboxylic acids is 2. The first-order valence-electron chi connectivity index (χ1n) is 8.78. The minimum atomic E-state index is -0.356. The molecular formula is C19H23N5O2. The maximum absolute atomic E-state index is 12.2. The van der Waals surface area contributed by atoms with Crippen molar-refractivity contribution in [2.24, 2.45) is 18.1 Å². The average molecular weight is 353 g/mol. The van der Waals surface area contributed by atoms with E-state index in [1.54, 1.807) is 24.0 Å². The van der Waals surface area contributed by atoms with Crippen LogP contribution in [-0.4, -0.2) is 27.3 Å². The molecule has 0 radical (unpaired) electrons. The van der Waals surface area contributed by atoms with Crippen LogP contribution in [0.25, 0.3) is 0 Å². The molecule has 3 rings (SSSR count). The van der Waals surface area contributed by atoms with Gasteiger partial charge in [0.25, 0.3) is 5.91 Å². The molecule has 0 atom stereocenters. The van der Waals surface area contributed by atoms with Gasteiger partial charge < -0.3 is 5.32 Å². The van der Waals surface area contributed by atoms with Gasteiger partial charge in [-0.15, -0.1) is 0 Å². The Hall–Kier alpha value is -2.96. The monoisotopic (exact) mass is 353 g/mol. The first-order chi connectivity index (χ1) is 12.5. The molecule has 7 heteroatoms. The lowest BCUT2D eigenvalue weighted by Gasteiger charge is -2.10. The molecule has 0 bridgehead atoms. The Balaban J connectivity index is 1.58. The smallest absolute Gasteiger partial charge is 0.291 e. The summed E-state index contributed by atoms with van der Waals surface area (Å²) in [6, 6.07) is 9.07. The van der Waals surface area contributed by atoms with Gasteiger partial charge in [0.1, 0.15) is 0 Å². The van der Waals surface area contributed by atoms with Crippen LogP contribution in [0.3, 0.4) is 0 Å². The summed E-state index contributed by atoms with van der Waals surface area (Å²) in [4.78, 5) is 24.1. The van der Waals surface area contributed by atoms with E-state index in [1.807, 2.05) is 31.2 Å². The highest BCUT2D eigenvalue weighted by Gasteiger charge is 2.22. The van der Waals surface area contributed by atoms with Gasteiger partial charge in [-0.2, -0.15) is 10.2 Å². The van der Waals surface area contributed by atoms with E-state index in [-0.39, 0.29) is 17.7 Å². The topological polar surface area (TPSA) is 88.4 Å². The quantitative estimate of drug-likeness (QED) is 0.640. The standard InChI is InChI=1S/C19H23N5O2/c1-13(21-22-19(26)17-11-12-24(2)23-17)14-7-9-16(10-8-14)20-18(25)15-5-3-4-6-15/h7-12,15H,3-6H2,1-2H3,(H,20,25)(H,22,26)/b21-13+. The number of anilines is 1. The van der Waals surface area contributed by atoms with E-state index in [9.17, 15) is 9.59 Å². The summed E-state index contributed by atoms with van der Waals surface area (Å²) in [5.41, 5.74) is 5.12. The predicted molar refractivity (Wildman–Crippen MR) is 99.9 cm³/mol. The van der Waals surface area contributed by atoms with E-state index in [0.717, 1.165) is 36.9 Å². The van der Waals surface area contributed by atoms with E-state index in [2.05, 4.69) is 20.9 Å². The van der Waals surface area contributed by atoms with Crippen molar-refractivity contribution in [1.82, 2.24) is 15.2 Å². The van der Waals surface area contributed by atoms with Gasteiger partial charge >= 0.3 is 0 Å². The molecule has 0 aliphatic heterocycles. The van der Waals surface area contributed by atoms with Crippen LogP contribution in [0, 0.1) is 5.92 Å². The minimum Gasteiger partial charge on any atom is -0.326 e. The Morgan fingerprint density at radius 1 is 1.15 bits per heavy atom. The number of rotatable bonds is 5. The maximum atomic E-state index is 12.2. The van der Waals surface area contributed by atoms with Gasteiger partial charge in [-0.05, 0) is 43.5 Å². The highest BCUT2D eigenvalue weighted by Crippen LogP contribution is 2.26. The van der Waals surface area contributed by atoms with E-state index in [4.69, 9.17) is 0 Å². The molecule has 0 saturated heterocycles.